The van der Waals surface area contributed by atoms with Gasteiger partial charge in [0.15, 0.2) is 11.5 Å². The van der Waals surface area contributed by atoms with Crippen LogP contribution in [0.15, 0.2) is 70.7 Å². The van der Waals surface area contributed by atoms with E-state index in [0.717, 1.165) is 24.4 Å². The molecular weight excluding hydrogens is 456 g/mol. The molecule has 0 radical (unpaired) electrons. The van der Waals surface area contributed by atoms with Gasteiger partial charge < -0.3 is 15.3 Å². The Morgan fingerprint density at radius 2 is 1.76 bits per heavy atom. The molecule has 33 heavy (non-hydrogen) atoms. The lowest BCUT2D eigenvalue weighted by Gasteiger charge is -2.13. The van der Waals surface area contributed by atoms with Crippen LogP contribution in [0.25, 0.3) is 0 Å². The Balaban J connectivity index is 2.00. The standard InChI is InChI=1S/C20H16N4O8S/c25-17-7-3-4-12(19(17)26)11-21-22-16-9-8-13(24(29)30)10-18(16)33(31,32)23-15-6-2-1-5-14(15)20(27)28/h1-11,22-23,25-26H,(H,27,28)/b21-11+. The summed E-state index contributed by atoms with van der Waals surface area (Å²) in [5.41, 5.74) is 1.28. The molecule has 0 saturated heterocycles. The molecule has 0 saturated carbocycles. The third-order valence-electron chi connectivity index (χ3n) is 4.30. The molecule has 170 valence electrons. The molecule has 0 aliphatic carbocycles. The van der Waals surface area contributed by atoms with E-state index in [1.54, 1.807) is 0 Å². The van der Waals surface area contributed by atoms with Gasteiger partial charge in [0.05, 0.1) is 28.1 Å². The number of benzene rings is 3. The van der Waals surface area contributed by atoms with Crippen LogP contribution in [0.3, 0.4) is 0 Å². The average Bonchev–Trinajstić information content (AvgIpc) is 2.76. The highest BCUT2D eigenvalue weighted by molar-refractivity contribution is 7.93. The van der Waals surface area contributed by atoms with Crippen molar-refractivity contribution >= 4 is 39.3 Å². The number of phenolic OH excluding ortho intramolecular Hbond substituents is 2. The molecule has 13 heteroatoms. The summed E-state index contributed by atoms with van der Waals surface area (Å²) in [7, 11) is -4.51. The third kappa shape index (κ3) is 5.16. The average molecular weight is 472 g/mol. The number of rotatable bonds is 8. The monoisotopic (exact) mass is 472 g/mol. The first-order valence-corrected chi connectivity index (χ1v) is 10.5. The van der Waals surface area contributed by atoms with E-state index in [0.29, 0.717) is 0 Å². The molecule has 0 atom stereocenters. The number of hydrogen-bond donors (Lipinski definition) is 5. The zero-order chi connectivity index (χ0) is 24.2. The van der Waals surface area contributed by atoms with Crippen molar-refractivity contribution in [2.24, 2.45) is 5.10 Å². The Bertz CT molecular complexity index is 1370. The van der Waals surface area contributed by atoms with Crippen LogP contribution in [0.5, 0.6) is 11.5 Å². The number of anilines is 2. The molecule has 5 N–H and O–H groups in total. The van der Waals surface area contributed by atoms with Crippen molar-refractivity contribution in [1.82, 2.24) is 0 Å². The van der Waals surface area contributed by atoms with Gasteiger partial charge in [-0.3, -0.25) is 20.3 Å². The molecule has 0 heterocycles. The van der Waals surface area contributed by atoms with Crippen molar-refractivity contribution in [3.8, 4) is 11.5 Å². The summed E-state index contributed by atoms with van der Waals surface area (Å²) in [6, 6.07) is 12.3. The smallest absolute Gasteiger partial charge is 0.337 e. The number of phenols is 2. The maximum atomic E-state index is 13.0. The van der Waals surface area contributed by atoms with E-state index in [-0.39, 0.29) is 28.3 Å². The van der Waals surface area contributed by atoms with Crippen LogP contribution >= 0.6 is 0 Å². The molecule has 3 rings (SSSR count). The third-order valence-corrected chi connectivity index (χ3v) is 5.71. The van der Waals surface area contributed by atoms with Gasteiger partial charge in [0.1, 0.15) is 4.90 Å². The van der Waals surface area contributed by atoms with Gasteiger partial charge in [-0.15, -0.1) is 0 Å². The van der Waals surface area contributed by atoms with Crippen molar-refractivity contribution in [1.29, 1.82) is 0 Å². The first kappa shape index (κ1) is 23.0. The summed E-state index contributed by atoms with van der Waals surface area (Å²) < 4.78 is 28.1. The molecule has 0 bridgehead atoms. The van der Waals surface area contributed by atoms with Gasteiger partial charge >= 0.3 is 5.97 Å². The molecule has 0 aliphatic rings. The molecule has 0 amide bonds. The van der Waals surface area contributed by atoms with Crippen LogP contribution in [0.1, 0.15) is 15.9 Å². The molecule has 3 aromatic carbocycles. The molecule has 0 aliphatic heterocycles. The second kappa shape index (κ2) is 9.23. The molecule has 0 fully saturated rings. The summed E-state index contributed by atoms with van der Waals surface area (Å²) in [5, 5.41) is 43.6. The van der Waals surface area contributed by atoms with Crippen molar-refractivity contribution in [3.05, 3.63) is 81.9 Å². The number of hydrogen-bond acceptors (Lipinski definition) is 9. The predicted octanol–water partition coefficient (Wildman–Crippen LogP) is 2.95. The first-order valence-electron chi connectivity index (χ1n) is 9.04. The summed E-state index contributed by atoms with van der Waals surface area (Å²) in [4.78, 5) is 21.2. The fourth-order valence-corrected chi connectivity index (χ4v) is 3.98. The van der Waals surface area contributed by atoms with Crippen LogP contribution in [-0.4, -0.2) is 40.8 Å². The number of carbonyl (C=O) groups is 1. The van der Waals surface area contributed by atoms with Crippen molar-refractivity contribution in [2.75, 3.05) is 10.1 Å². The number of nitro groups is 1. The highest BCUT2D eigenvalue weighted by Crippen LogP contribution is 2.30. The number of nitrogens with one attached hydrogen (secondary N) is 2. The zero-order valence-electron chi connectivity index (χ0n) is 16.5. The lowest BCUT2D eigenvalue weighted by molar-refractivity contribution is -0.385. The number of nitrogens with zero attached hydrogens (tertiary/aromatic N) is 2. The van der Waals surface area contributed by atoms with E-state index in [1.807, 2.05) is 0 Å². The SMILES string of the molecule is O=C(O)c1ccccc1NS(=O)(=O)c1cc([N+](=O)[O-])ccc1N/N=C/c1cccc(O)c1O. The van der Waals surface area contributed by atoms with Gasteiger partial charge in [-0.25, -0.2) is 13.2 Å². The van der Waals surface area contributed by atoms with E-state index < -0.39 is 37.2 Å². The highest BCUT2D eigenvalue weighted by atomic mass is 32.2. The number of non-ortho nitro benzene ring substituents is 1. The van der Waals surface area contributed by atoms with E-state index in [9.17, 15) is 38.6 Å². The summed E-state index contributed by atoms with van der Waals surface area (Å²) in [6.45, 7) is 0. The Hall–Kier alpha value is -4.65. The van der Waals surface area contributed by atoms with Gasteiger partial charge in [0.2, 0.25) is 0 Å². The van der Waals surface area contributed by atoms with Crippen LogP contribution in [0.2, 0.25) is 0 Å². The molecule has 3 aromatic rings. The Kier molecular flexibility index (Phi) is 6.44. The summed E-state index contributed by atoms with van der Waals surface area (Å²) in [5.74, 6) is -2.22. The fourth-order valence-electron chi connectivity index (χ4n) is 2.72. The van der Waals surface area contributed by atoms with Crippen LogP contribution in [-0.2, 0) is 10.0 Å². The normalized spacial score (nSPS) is 11.3. The van der Waals surface area contributed by atoms with Gasteiger partial charge in [-0.1, -0.05) is 18.2 Å². The van der Waals surface area contributed by atoms with Gasteiger partial charge in [0.25, 0.3) is 15.7 Å². The fraction of sp³-hybridized carbons (Fsp3) is 0. The number of nitro benzene ring substituents is 1. The number of aromatic carboxylic acids is 1. The number of carboxylic acids is 1. The largest absolute Gasteiger partial charge is 0.504 e. The van der Waals surface area contributed by atoms with Crippen molar-refractivity contribution in [2.45, 2.75) is 4.90 Å². The van der Waals surface area contributed by atoms with Crippen molar-refractivity contribution in [3.63, 3.8) is 0 Å². The quantitative estimate of drug-likeness (QED) is 0.142. The summed E-state index contributed by atoms with van der Waals surface area (Å²) >= 11 is 0. The topological polar surface area (TPSA) is 191 Å². The van der Waals surface area contributed by atoms with E-state index in [1.165, 1.54) is 42.5 Å². The minimum atomic E-state index is -4.51. The van der Waals surface area contributed by atoms with Gasteiger partial charge in [0, 0.05) is 17.7 Å². The first-order chi connectivity index (χ1) is 15.6. The number of para-hydroxylation sites is 2. The van der Waals surface area contributed by atoms with E-state index in [4.69, 9.17) is 0 Å². The van der Waals surface area contributed by atoms with Crippen LogP contribution < -0.4 is 10.1 Å². The second-order valence-electron chi connectivity index (χ2n) is 6.48. The summed E-state index contributed by atoms with van der Waals surface area (Å²) in [6.07, 6.45) is 1.10. The number of sulfonamides is 1. The Labute approximate surface area is 186 Å². The highest BCUT2D eigenvalue weighted by Gasteiger charge is 2.24. The molecule has 0 spiro atoms. The van der Waals surface area contributed by atoms with Gasteiger partial charge in [-0.05, 0) is 30.3 Å². The number of aromatic hydroxyl groups is 2. The van der Waals surface area contributed by atoms with Crippen molar-refractivity contribution < 1.29 is 33.5 Å². The number of carboxylic acid groups (broad SMARTS) is 1. The molecule has 0 unspecified atom stereocenters. The molecule has 0 aromatic heterocycles. The second-order valence-corrected chi connectivity index (χ2v) is 8.13. The Morgan fingerprint density at radius 1 is 1.03 bits per heavy atom. The van der Waals surface area contributed by atoms with Crippen LogP contribution in [0.4, 0.5) is 17.1 Å². The maximum Gasteiger partial charge on any atom is 0.337 e. The zero-order valence-corrected chi connectivity index (χ0v) is 17.4. The Morgan fingerprint density at radius 3 is 2.45 bits per heavy atom. The lowest BCUT2D eigenvalue weighted by atomic mass is 10.2. The minimum absolute atomic E-state index is 0.113. The van der Waals surface area contributed by atoms with E-state index in [2.05, 4.69) is 15.2 Å². The number of hydrazone groups is 1. The van der Waals surface area contributed by atoms with Gasteiger partial charge in [-0.2, -0.15) is 5.10 Å². The molecule has 12 nitrogen and oxygen atoms in total. The van der Waals surface area contributed by atoms with E-state index >= 15 is 0 Å². The maximum absolute atomic E-state index is 13.0. The molecular formula is C20H16N4O8S. The van der Waals surface area contributed by atoms with Crippen LogP contribution in [0, 0.1) is 10.1 Å². The lowest BCUT2D eigenvalue weighted by Crippen LogP contribution is -2.17. The minimum Gasteiger partial charge on any atom is -0.504 e. The predicted molar refractivity (Wildman–Crippen MR) is 118 cm³/mol.